The fraction of sp³-hybridized carbons (Fsp3) is 0.680. The van der Waals surface area contributed by atoms with Crippen LogP contribution in [0, 0.1) is 22.7 Å². The summed E-state index contributed by atoms with van der Waals surface area (Å²) >= 11 is 14.5. The molecule has 3 saturated carbocycles. The van der Waals surface area contributed by atoms with E-state index in [1.54, 1.807) is 13.0 Å². The minimum absolute atomic E-state index is 0.0841. The third-order valence-corrected chi connectivity index (χ3v) is 10.5. The number of Topliss-reactive ketones (excluding diaryl/α,β-unsaturated/α-hetero) is 1. The van der Waals surface area contributed by atoms with Gasteiger partial charge < -0.3 is 14.6 Å². The number of hydrogen-bond acceptors (Lipinski definition) is 7. The summed E-state index contributed by atoms with van der Waals surface area (Å²) < 4.78 is 10.4. The summed E-state index contributed by atoms with van der Waals surface area (Å²) in [6.07, 6.45) is 5.48. The molecule has 9 heteroatoms. The van der Waals surface area contributed by atoms with Crippen LogP contribution in [0.25, 0.3) is 0 Å². The maximum absolute atomic E-state index is 13.3. The number of ketones is 2. The lowest BCUT2D eigenvalue weighted by Gasteiger charge is -2.63. The van der Waals surface area contributed by atoms with Gasteiger partial charge in [-0.3, -0.25) is 19.2 Å². The van der Waals surface area contributed by atoms with E-state index >= 15 is 0 Å². The molecule has 4 rings (SSSR count). The molecule has 0 amide bonds. The van der Waals surface area contributed by atoms with Gasteiger partial charge in [0.2, 0.25) is 5.78 Å². The van der Waals surface area contributed by atoms with Crippen LogP contribution in [0.4, 0.5) is 0 Å². The predicted octanol–water partition coefficient (Wildman–Crippen LogP) is 3.28. The quantitative estimate of drug-likeness (QED) is 0.454. The minimum Gasteiger partial charge on any atom is -0.459 e. The zero-order chi connectivity index (χ0) is 25.3. The lowest BCUT2D eigenvalue weighted by Crippen LogP contribution is -2.68. The van der Waals surface area contributed by atoms with E-state index in [1.807, 2.05) is 13.0 Å². The average Bonchev–Trinajstić information content (AvgIpc) is 2.95. The Kier molecular flexibility index (Phi) is 6.10. The van der Waals surface area contributed by atoms with E-state index in [9.17, 15) is 24.3 Å². The molecule has 7 nitrogen and oxygen atoms in total. The van der Waals surface area contributed by atoms with Crippen LogP contribution < -0.4 is 0 Å². The molecule has 4 aliphatic carbocycles. The number of carbonyl (C=O) groups is 4. The molecule has 34 heavy (non-hydrogen) atoms. The molecular weight excluding hydrogens is 483 g/mol. The largest absolute Gasteiger partial charge is 0.459 e. The molecule has 0 heterocycles. The van der Waals surface area contributed by atoms with Gasteiger partial charge in [-0.15, -0.1) is 23.2 Å². The number of aliphatic hydroxyl groups is 1. The van der Waals surface area contributed by atoms with Crippen LogP contribution >= 0.6 is 23.2 Å². The number of carbonyl (C=O) groups excluding carboxylic acids is 4. The van der Waals surface area contributed by atoms with Crippen molar-refractivity contribution in [3.63, 3.8) is 0 Å². The fourth-order valence-corrected chi connectivity index (χ4v) is 8.48. The van der Waals surface area contributed by atoms with Crippen molar-refractivity contribution in [2.24, 2.45) is 22.7 Å². The molecular formula is C25H30Cl2O7. The lowest BCUT2D eigenvalue weighted by molar-refractivity contribution is -0.188. The zero-order valence-corrected chi connectivity index (χ0v) is 21.2. The van der Waals surface area contributed by atoms with E-state index in [0.29, 0.717) is 12.8 Å². The van der Waals surface area contributed by atoms with Gasteiger partial charge in [-0.25, -0.2) is 0 Å². The summed E-state index contributed by atoms with van der Waals surface area (Å²) in [5.41, 5.74) is -2.93. The van der Waals surface area contributed by atoms with Gasteiger partial charge in [0, 0.05) is 24.7 Å². The van der Waals surface area contributed by atoms with E-state index in [2.05, 4.69) is 0 Å². The predicted molar refractivity (Wildman–Crippen MR) is 124 cm³/mol. The Balaban J connectivity index is 1.80. The lowest BCUT2D eigenvalue weighted by atomic mass is 9.46. The van der Waals surface area contributed by atoms with Crippen LogP contribution in [0.2, 0.25) is 0 Å². The normalized spacial score (nSPS) is 44.9. The van der Waals surface area contributed by atoms with Crippen molar-refractivity contribution < 1.29 is 33.8 Å². The maximum atomic E-state index is 13.3. The number of halogens is 2. The van der Waals surface area contributed by atoms with Crippen LogP contribution in [-0.2, 0) is 28.7 Å². The van der Waals surface area contributed by atoms with Gasteiger partial charge in [-0.2, -0.15) is 0 Å². The zero-order valence-electron chi connectivity index (χ0n) is 19.7. The Hall–Kier alpha value is -1.70. The number of hydrogen-bond donors (Lipinski definition) is 1. The Bertz CT molecular complexity index is 1020. The first kappa shape index (κ1) is 25.4. The van der Waals surface area contributed by atoms with E-state index in [0.717, 1.165) is 5.57 Å². The van der Waals surface area contributed by atoms with Gasteiger partial charge in [0.15, 0.2) is 18.0 Å². The Morgan fingerprint density at radius 3 is 2.47 bits per heavy atom. The van der Waals surface area contributed by atoms with E-state index in [1.165, 1.54) is 19.9 Å². The molecule has 0 aliphatic heterocycles. The standard InChI is InChI=1S/C25H30Cl2O7/c1-13(28)33-12-20(31)25(32)21(34-14(2)29)10-18-17-6-5-15-9-16(30)7-8-22(15,3)24(17,27)19(26)11-23(18,25)4/h7-9,17-19,21,32H,5-6,10-12H2,1-4H3/t17-,18-,19-,21+,22-,23-,24-,25+/m0/s1. The number of esters is 2. The number of fused-ring (bicyclic) bond motifs is 5. The third-order valence-electron chi connectivity index (χ3n) is 8.93. The Labute approximate surface area is 208 Å². The minimum atomic E-state index is -2.10. The summed E-state index contributed by atoms with van der Waals surface area (Å²) in [5, 5.41) is 11.3. The van der Waals surface area contributed by atoms with Crippen molar-refractivity contribution in [3.05, 3.63) is 23.8 Å². The monoisotopic (exact) mass is 512 g/mol. The maximum Gasteiger partial charge on any atom is 0.303 e. The molecule has 186 valence electrons. The van der Waals surface area contributed by atoms with E-state index < -0.39 is 57.1 Å². The van der Waals surface area contributed by atoms with Crippen LogP contribution in [0.5, 0.6) is 0 Å². The Morgan fingerprint density at radius 1 is 1.18 bits per heavy atom. The SMILES string of the molecule is CC(=O)OCC(=O)[C@@]1(O)[C@H](OC(C)=O)C[C@H]2[C@@H]3CCC4=CC(=O)C=C[C@]4(C)[C@@]3(Cl)[C@@H](Cl)C[C@@]21C. The van der Waals surface area contributed by atoms with Gasteiger partial charge in [0.05, 0.1) is 10.3 Å². The number of rotatable bonds is 4. The smallest absolute Gasteiger partial charge is 0.303 e. The number of alkyl halides is 2. The molecule has 0 aromatic carbocycles. The molecule has 0 bridgehead atoms. The van der Waals surface area contributed by atoms with Gasteiger partial charge in [-0.1, -0.05) is 25.5 Å². The molecule has 4 aliphatic rings. The van der Waals surface area contributed by atoms with Crippen molar-refractivity contribution in [2.75, 3.05) is 6.61 Å². The summed E-state index contributed by atoms with van der Waals surface area (Å²) in [6.45, 7) is 5.53. The highest BCUT2D eigenvalue weighted by Gasteiger charge is 2.76. The summed E-state index contributed by atoms with van der Waals surface area (Å²) in [5.74, 6) is -2.63. The van der Waals surface area contributed by atoms with Crippen LogP contribution in [0.15, 0.2) is 23.8 Å². The second-order valence-electron chi connectivity index (χ2n) is 10.5. The fourth-order valence-electron chi connectivity index (χ4n) is 7.25. The molecule has 0 aromatic rings. The van der Waals surface area contributed by atoms with E-state index in [4.69, 9.17) is 32.7 Å². The highest BCUT2D eigenvalue weighted by molar-refractivity contribution is 6.34. The molecule has 3 fully saturated rings. The summed E-state index contributed by atoms with van der Waals surface area (Å²) in [7, 11) is 0. The average molecular weight is 513 g/mol. The van der Waals surface area contributed by atoms with Crippen molar-refractivity contribution in [1.82, 2.24) is 0 Å². The first-order valence-electron chi connectivity index (χ1n) is 11.5. The molecule has 0 spiro atoms. The van der Waals surface area contributed by atoms with Gasteiger partial charge in [-0.05, 0) is 49.7 Å². The number of ether oxygens (including phenoxy) is 2. The van der Waals surface area contributed by atoms with Crippen LogP contribution in [0.3, 0.4) is 0 Å². The van der Waals surface area contributed by atoms with E-state index in [-0.39, 0.29) is 30.5 Å². The van der Waals surface area contributed by atoms with Crippen molar-refractivity contribution in [1.29, 1.82) is 0 Å². The highest BCUT2D eigenvalue weighted by atomic mass is 35.5. The van der Waals surface area contributed by atoms with Crippen LogP contribution in [0.1, 0.15) is 53.4 Å². The molecule has 8 atom stereocenters. The second-order valence-corrected chi connectivity index (χ2v) is 11.7. The topological polar surface area (TPSA) is 107 Å². The van der Waals surface area contributed by atoms with Gasteiger partial charge in [0.25, 0.3) is 0 Å². The van der Waals surface area contributed by atoms with Crippen LogP contribution in [-0.4, -0.2) is 57.2 Å². The molecule has 0 aromatic heterocycles. The van der Waals surface area contributed by atoms with Gasteiger partial charge in [0.1, 0.15) is 6.10 Å². The first-order valence-corrected chi connectivity index (χ1v) is 12.4. The Morgan fingerprint density at radius 2 is 1.85 bits per heavy atom. The van der Waals surface area contributed by atoms with Crippen molar-refractivity contribution >= 4 is 46.7 Å². The second kappa shape index (κ2) is 8.17. The van der Waals surface area contributed by atoms with Crippen molar-refractivity contribution in [3.8, 4) is 0 Å². The van der Waals surface area contributed by atoms with Gasteiger partial charge >= 0.3 is 11.9 Å². The molecule has 0 unspecified atom stereocenters. The molecule has 0 saturated heterocycles. The molecule has 1 N–H and O–H groups in total. The van der Waals surface area contributed by atoms with Crippen molar-refractivity contribution in [2.45, 2.75) is 75.3 Å². The third kappa shape index (κ3) is 3.26. The molecule has 0 radical (unpaired) electrons. The number of allylic oxidation sites excluding steroid dienone is 4. The summed E-state index contributed by atoms with van der Waals surface area (Å²) in [6, 6.07) is 0. The highest BCUT2D eigenvalue weighted by Crippen LogP contribution is 2.71. The first-order chi connectivity index (χ1) is 15.7. The summed E-state index contributed by atoms with van der Waals surface area (Å²) in [4.78, 5) is 47.7.